The second-order valence-electron chi connectivity index (χ2n) is 4.33. The van der Waals surface area contributed by atoms with Crippen LogP contribution in [0.5, 0.6) is 5.75 Å². The summed E-state index contributed by atoms with van der Waals surface area (Å²) < 4.78 is 5.39. The highest BCUT2D eigenvalue weighted by molar-refractivity contribution is 6.32. The zero-order valence-corrected chi connectivity index (χ0v) is 11.6. The van der Waals surface area contributed by atoms with Gasteiger partial charge in [-0.1, -0.05) is 41.4 Å². The highest BCUT2D eigenvalue weighted by atomic mass is 35.5. The second kappa shape index (κ2) is 6.23. The van der Waals surface area contributed by atoms with Crippen LogP contribution in [0.15, 0.2) is 42.5 Å². The van der Waals surface area contributed by atoms with E-state index in [9.17, 15) is 4.79 Å². The molecule has 0 amide bonds. The summed E-state index contributed by atoms with van der Waals surface area (Å²) in [5, 5.41) is 9.06. The normalized spacial score (nSPS) is 9.85. The molecule has 0 spiro atoms. The molecule has 2 aromatic rings. The molecule has 0 aliphatic carbocycles. The fraction of sp³-hybridized carbons (Fsp3) is 0.125. The van der Waals surface area contributed by atoms with Crippen molar-refractivity contribution in [1.29, 1.82) is 5.26 Å². The first-order valence-corrected chi connectivity index (χ1v) is 6.40. The van der Waals surface area contributed by atoms with Gasteiger partial charge in [0.05, 0.1) is 16.7 Å². The number of nitrogens with zero attached hydrogens (tertiary/aromatic N) is 1. The number of Topliss-reactive ketones (excluding diaryl/α,β-unsaturated/α-hetero) is 1. The van der Waals surface area contributed by atoms with E-state index < -0.39 is 0 Å². The van der Waals surface area contributed by atoms with Crippen LogP contribution < -0.4 is 4.74 Å². The standard InChI is InChI=1S/C16H12ClNO2/c1-11-2-5-13(6-3-11)15(19)10-20-16-7-4-12(9-18)8-14(16)17/h2-8H,10H2,1H3. The third kappa shape index (κ3) is 3.37. The summed E-state index contributed by atoms with van der Waals surface area (Å²) in [6, 6.07) is 14.0. The van der Waals surface area contributed by atoms with E-state index in [1.165, 1.54) is 6.07 Å². The third-order valence-corrected chi connectivity index (χ3v) is 3.09. The summed E-state index contributed by atoms with van der Waals surface area (Å²) in [6.45, 7) is 1.87. The van der Waals surface area contributed by atoms with Gasteiger partial charge in [-0.2, -0.15) is 5.26 Å². The molecule has 0 fully saturated rings. The molecular formula is C16H12ClNO2. The van der Waals surface area contributed by atoms with Gasteiger partial charge in [0.1, 0.15) is 5.75 Å². The van der Waals surface area contributed by atoms with Crippen LogP contribution >= 0.6 is 11.6 Å². The Bertz CT molecular complexity index is 672. The molecule has 100 valence electrons. The molecule has 0 radical (unpaired) electrons. The molecule has 2 aromatic carbocycles. The van der Waals surface area contributed by atoms with E-state index >= 15 is 0 Å². The van der Waals surface area contributed by atoms with Crippen LogP contribution in [0.1, 0.15) is 21.5 Å². The zero-order chi connectivity index (χ0) is 14.5. The van der Waals surface area contributed by atoms with Crippen LogP contribution in [0.2, 0.25) is 5.02 Å². The summed E-state index contributed by atoms with van der Waals surface area (Å²) in [7, 11) is 0. The Morgan fingerprint density at radius 1 is 1.25 bits per heavy atom. The molecule has 0 bridgehead atoms. The van der Waals surface area contributed by atoms with E-state index in [-0.39, 0.29) is 12.4 Å². The molecule has 0 aliphatic rings. The van der Waals surface area contributed by atoms with E-state index in [1.807, 2.05) is 25.1 Å². The Hall–Kier alpha value is -2.31. The number of halogens is 1. The predicted octanol–water partition coefficient (Wildman–Crippen LogP) is 3.78. The predicted molar refractivity (Wildman–Crippen MR) is 77.2 cm³/mol. The van der Waals surface area contributed by atoms with Crippen molar-refractivity contribution >= 4 is 17.4 Å². The number of ketones is 1. The number of hydrogen-bond donors (Lipinski definition) is 0. The van der Waals surface area contributed by atoms with E-state index in [4.69, 9.17) is 21.6 Å². The summed E-state index contributed by atoms with van der Waals surface area (Å²) in [5.74, 6) is 0.275. The minimum atomic E-state index is -0.120. The van der Waals surface area contributed by atoms with Crippen molar-refractivity contribution < 1.29 is 9.53 Å². The van der Waals surface area contributed by atoms with E-state index in [1.54, 1.807) is 24.3 Å². The number of hydrogen-bond acceptors (Lipinski definition) is 3. The van der Waals surface area contributed by atoms with Gasteiger partial charge in [-0.05, 0) is 25.1 Å². The minimum absolute atomic E-state index is 0.0886. The lowest BCUT2D eigenvalue weighted by molar-refractivity contribution is 0.0921. The molecule has 0 atom stereocenters. The smallest absolute Gasteiger partial charge is 0.200 e. The lowest BCUT2D eigenvalue weighted by Gasteiger charge is -2.07. The fourth-order valence-corrected chi connectivity index (χ4v) is 1.89. The van der Waals surface area contributed by atoms with Crippen molar-refractivity contribution in [2.75, 3.05) is 6.61 Å². The summed E-state index contributed by atoms with van der Waals surface area (Å²) in [4.78, 5) is 11.9. The zero-order valence-electron chi connectivity index (χ0n) is 10.9. The number of benzene rings is 2. The van der Waals surface area contributed by atoms with Crippen LogP contribution in [-0.4, -0.2) is 12.4 Å². The van der Waals surface area contributed by atoms with Gasteiger partial charge >= 0.3 is 0 Å². The van der Waals surface area contributed by atoms with Gasteiger partial charge in [0.2, 0.25) is 0 Å². The topological polar surface area (TPSA) is 50.1 Å². The fourth-order valence-electron chi connectivity index (χ4n) is 1.65. The van der Waals surface area contributed by atoms with Crippen LogP contribution in [-0.2, 0) is 0 Å². The van der Waals surface area contributed by atoms with E-state index in [0.717, 1.165) is 5.56 Å². The number of aryl methyl sites for hydroxylation is 1. The maximum Gasteiger partial charge on any atom is 0.200 e. The van der Waals surface area contributed by atoms with E-state index in [0.29, 0.717) is 21.9 Å². The van der Waals surface area contributed by atoms with Crippen molar-refractivity contribution in [1.82, 2.24) is 0 Å². The van der Waals surface area contributed by atoms with Gasteiger partial charge < -0.3 is 4.74 Å². The SMILES string of the molecule is Cc1ccc(C(=O)COc2ccc(C#N)cc2Cl)cc1. The molecular weight excluding hydrogens is 274 g/mol. The molecule has 0 unspecified atom stereocenters. The molecule has 2 rings (SSSR count). The molecule has 0 aromatic heterocycles. The first-order valence-electron chi connectivity index (χ1n) is 6.02. The number of carbonyl (C=O) groups is 1. The third-order valence-electron chi connectivity index (χ3n) is 2.79. The summed E-state index contributed by atoms with van der Waals surface area (Å²) >= 11 is 5.97. The average Bonchev–Trinajstić information content (AvgIpc) is 2.46. The highest BCUT2D eigenvalue weighted by Gasteiger charge is 2.09. The van der Waals surface area contributed by atoms with E-state index in [2.05, 4.69) is 0 Å². The Morgan fingerprint density at radius 3 is 2.55 bits per heavy atom. The maximum absolute atomic E-state index is 11.9. The first kappa shape index (κ1) is 14.1. The molecule has 20 heavy (non-hydrogen) atoms. The van der Waals surface area contributed by atoms with Crippen LogP contribution in [0, 0.1) is 18.3 Å². The number of rotatable bonds is 4. The molecule has 3 nitrogen and oxygen atoms in total. The number of ether oxygens (including phenoxy) is 1. The van der Waals surface area contributed by atoms with Gasteiger partial charge in [-0.15, -0.1) is 0 Å². The van der Waals surface area contributed by atoms with Gasteiger partial charge in [0.15, 0.2) is 12.4 Å². The Kier molecular flexibility index (Phi) is 4.39. The largest absolute Gasteiger partial charge is 0.484 e. The van der Waals surface area contributed by atoms with Crippen molar-refractivity contribution in [3.63, 3.8) is 0 Å². The van der Waals surface area contributed by atoms with Crippen molar-refractivity contribution in [3.8, 4) is 11.8 Å². The van der Waals surface area contributed by atoms with Gasteiger partial charge in [-0.25, -0.2) is 0 Å². The van der Waals surface area contributed by atoms with Crippen LogP contribution in [0.4, 0.5) is 0 Å². The maximum atomic E-state index is 11.9. The van der Waals surface area contributed by atoms with Crippen molar-refractivity contribution in [3.05, 3.63) is 64.2 Å². The Labute approximate surface area is 122 Å². The molecule has 0 saturated heterocycles. The summed E-state index contributed by atoms with van der Waals surface area (Å²) in [6.07, 6.45) is 0. The molecule has 4 heteroatoms. The first-order chi connectivity index (χ1) is 9.60. The Morgan fingerprint density at radius 2 is 1.95 bits per heavy atom. The molecule has 0 saturated carbocycles. The lowest BCUT2D eigenvalue weighted by Crippen LogP contribution is -2.11. The monoisotopic (exact) mass is 285 g/mol. The highest BCUT2D eigenvalue weighted by Crippen LogP contribution is 2.25. The molecule has 0 aliphatic heterocycles. The number of carbonyl (C=O) groups excluding carboxylic acids is 1. The van der Waals surface area contributed by atoms with Gasteiger partial charge in [0.25, 0.3) is 0 Å². The minimum Gasteiger partial charge on any atom is -0.484 e. The Balaban J connectivity index is 2.04. The second-order valence-corrected chi connectivity index (χ2v) is 4.74. The van der Waals surface area contributed by atoms with Crippen LogP contribution in [0.25, 0.3) is 0 Å². The van der Waals surface area contributed by atoms with Crippen molar-refractivity contribution in [2.45, 2.75) is 6.92 Å². The molecule has 0 heterocycles. The molecule has 0 N–H and O–H groups in total. The van der Waals surface area contributed by atoms with Gasteiger partial charge in [0, 0.05) is 5.56 Å². The lowest BCUT2D eigenvalue weighted by atomic mass is 10.1. The van der Waals surface area contributed by atoms with Crippen LogP contribution in [0.3, 0.4) is 0 Å². The quantitative estimate of drug-likeness (QED) is 0.803. The number of nitriles is 1. The van der Waals surface area contributed by atoms with Gasteiger partial charge in [-0.3, -0.25) is 4.79 Å². The summed E-state index contributed by atoms with van der Waals surface area (Å²) in [5.41, 5.74) is 2.14. The van der Waals surface area contributed by atoms with Crippen molar-refractivity contribution in [2.24, 2.45) is 0 Å². The average molecular weight is 286 g/mol.